The Labute approximate surface area is 118 Å². The number of hydrogen-bond donors (Lipinski definition) is 0. The van der Waals surface area contributed by atoms with Gasteiger partial charge in [-0.05, 0) is 30.3 Å². The van der Waals surface area contributed by atoms with E-state index in [-0.39, 0.29) is 5.69 Å². The van der Waals surface area contributed by atoms with E-state index in [0.717, 1.165) is 13.2 Å². The Morgan fingerprint density at radius 2 is 1.84 bits per heavy atom. The summed E-state index contributed by atoms with van der Waals surface area (Å²) in [6.07, 6.45) is 0. The smallest absolute Gasteiger partial charge is 0.359 e. The fraction of sp³-hybridized carbons (Fsp3) is 0.0769. The third-order valence-electron chi connectivity index (χ3n) is 2.38. The second-order valence-electron chi connectivity index (χ2n) is 3.68. The van der Waals surface area contributed by atoms with Crippen LogP contribution in [0.25, 0.3) is 11.3 Å². The first kappa shape index (κ1) is 13.8. The number of hydrogen-bond acceptors (Lipinski definition) is 3. The van der Waals surface area contributed by atoms with E-state index in [1.54, 1.807) is 18.2 Å². The first-order valence-corrected chi connectivity index (χ1v) is 5.98. The molecule has 0 atom stereocenters. The minimum Gasteiger partial charge on any atom is -0.464 e. The summed E-state index contributed by atoms with van der Waals surface area (Å²) in [5, 5.41) is 0.849. The van der Waals surface area contributed by atoms with Gasteiger partial charge >= 0.3 is 5.97 Å². The molecule has 0 N–H and O–H groups in total. The zero-order valence-electron chi connectivity index (χ0n) is 9.78. The molecule has 0 spiro atoms. The molecule has 1 heterocycles. The van der Waals surface area contributed by atoms with Crippen molar-refractivity contribution < 1.29 is 13.9 Å². The predicted octanol–water partition coefficient (Wildman–Crippen LogP) is 3.98. The fourth-order valence-electron chi connectivity index (χ4n) is 1.54. The molecule has 0 aliphatic rings. The van der Waals surface area contributed by atoms with Gasteiger partial charge in [-0.15, -0.1) is 0 Å². The van der Waals surface area contributed by atoms with E-state index >= 15 is 0 Å². The highest BCUT2D eigenvalue weighted by atomic mass is 35.5. The average Bonchev–Trinajstić information content (AvgIpc) is 2.37. The SMILES string of the molecule is COC(=O)c1nc(-c2cc(Cl)cc(Cl)c2)ccc1F. The van der Waals surface area contributed by atoms with Gasteiger partial charge in [0.05, 0.1) is 12.8 Å². The number of aromatic nitrogens is 1. The van der Waals surface area contributed by atoms with Crippen LogP contribution in [0.1, 0.15) is 10.5 Å². The van der Waals surface area contributed by atoms with Crippen LogP contribution in [0.2, 0.25) is 10.0 Å². The maximum absolute atomic E-state index is 13.5. The molecule has 0 amide bonds. The average molecular weight is 300 g/mol. The monoisotopic (exact) mass is 299 g/mol. The Kier molecular flexibility index (Phi) is 4.02. The van der Waals surface area contributed by atoms with E-state index in [2.05, 4.69) is 9.72 Å². The lowest BCUT2D eigenvalue weighted by molar-refractivity contribution is 0.0588. The molecule has 1 aromatic carbocycles. The van der Waals surface area contributed by atoms with Gasteiger partial charge in [0.1, 0.15) is 0 Å². The lowest BCUT2D eigenvalue weighted by atomic mass is 10.1. The minimum atomic E-state index is -0.840. The number of carbonyl (C=O) groups is 1. The van der Waals surface area contributed by atoms with Gasteiger partial charge in [0.2, 0.25) is 0 Å². The normalized spacial score (nSPS) is 10.3. The Bertz CT molecular complexity index is 626. The number of halogens is 3. The van der Waals surface area contributed by atoms with Crippen molar-refractivity contribution in [2.75, 3.05) is 7.11 Å². The van der Waals surface area contributed by atoms with Gasteiger partial charge in [0.25, 0.3) is 0 Å². The number of benzene rings is 1. The first-order valence-electron chi connectivity index (χ1n) is 5.22. The molecule has 0 unspecified atom stereocenters. The highest BCUT2D eigenvalue weighted by Crippen LogP contribution is 2.26. The second kappa shape index (κ2) is 5.55. The standard InChI is InChI=1S/C13H8Cl2FNO2/c1-19-13(18)12-10(16)2-3-11(17-12)7-4-8(14)6-9(15)5-7/h2-6H,1H3. The van der Waals surface area contributed by atoms with Crippen LogP contribution in [0.3, 0.4) is 0 Å². The van der Waals surface area contributed by atoms with Crippen LogP contribution in [0.4, 0.5) is 4.39 Å². The van der Waals surface area contributed by atoms with Gasteiger partial charge in [-0.3, -0.25) is 0 Å². The largest absolute Gasteiger partial charge is 0.464 e. The van der Waals surface area contributed by atoms with Crippen LogP contribution in [0.15, 0.2) is 30.3 Å². The maximum atomic E-state index is 13.5. The summed E-state index contributed by atoms with van der Waals surface area (Å²) in [5.41, 5.74) is 0.588. The van der Waals surface area contributed by atoms with Crippen LogP contribution < -0.4 is 0 Å². The number of esters is 1. The van der Waals surface area contributed by atoms with Crippen molar-refractivity contribution in [2.45, 2.75) is 0 Å². The van der Waals surface area contributed by atoms with Crippen LogP contribution in [-0.2, 0) is 4.74 Å². The Balaban J connectivity index is 2.54. The van der Waals surface area contributed by atoms with E-state index in [9.17, 15) is 9.18 Å². The molecule has 0 saturated heterocycles. The summed E-state index contributed by atoms with van der Waals surface area (Å²) < 4.78 is 17.9. The quantitative estimate of drug-likeness (QED) is 0.787. The topological polar surface area (TPSA) is 39.2 Å². The number of methoxy groups -OCH3 is 1. The summed E-state index contributed by atoms with van der Waals surface area (Å²) in [6.45, 7) is 0. The van der Waals surface area contributed by atoms with Gasteiger partial charge in [-0.2, -0.15) is 0 Å². The summed E-state index contributed by atoms with van der Waals surface area (Å²) in [4.78, 5) is 15.3. The van der Waals surface area contributed by atoms with Crippen molar-refractivity contribution in [2.24, 2.45) is 0 Å². The zero-order chi connectivity index (χ0) is 14.0. The first-order chi connectivity index (χ1) is 9.01. The van der Waals surface area contributed by atoms with E-state index in [1.807, 2.05) is 0 Å². The lowest BCUT2D eigenvalue weighted by Crippen LogP contribution is -2.08. The van der Waals surface area contributed by atoms with Crippen LogP contribution in [-0.4, -0.2) is 18.1 Å². The van der Waals surface area contributed by atoms with E-state index < -0.39 is 11.8 Å². The van der Waals surface area contributed by atoms with Crippen molar-refractivity contribution in [3.8, 4) is 11.3 Å². The number of pyridine rings is 1. The third-order valence-corrected chi connectivity index (χ3v) is 2.82. The molecule has 0 aliphatic heterocycles. The molecule has 98 valence electrons. The van der Waals surface area contributed by atoms with Gasteiger partial charge < -0.3 is 4.74 Å². The van der Waals surface area contributed by atoms with Gasteiger partial charge in [-0.1, -0.05) is 23.2 Å². The fourth-order valence-corrected chi connectivity index (χ4v) is 2.07. The number of nitrogens with zero attached hydrogens (tertiary/aromatic N) is 1. The number of rotatable bonds is 2. The van der Waals surface area contributed by atoms with Crippen LogP contribution in [0.5, 0.6) is 0 Å². The summed E-state index contributed by atoms with van der Waals surface area (Å²) in [7, 11) is 1.16. The molecule has 0 bridgehead atoms. The third kappa shape index (κ3) is 3.03. The molecule has 2 aromatic rings. The highest BCUT2D eigenvalue weighted by Gasteiger charge is 2.15. The molecular formula is C13H8Cl2FNO2. The van der Waals surface area contributed by atoms with Crippen molar-refractivity contribution in [3.63, 3.8) is 0 Å². The van der Waals surface area contributed by atoms with E-state index in [0.29, 0.717) is 21.3 Å². The Hall–Kier alpha value is -1.65. The molecule has 6 heteroatoms. The molecule has 0 aliphatic carbocycles. The number of ether oxygens (including phenoxy) is 1. The molecule has 0 radical (unpaired) electrons. The van der Waals surface area contributed by atoms with Gasteiger partial charge in [0.15, 0.2) is 11.5 Å². The van der Waals surface area contributed by atoms with E-state index in [1.165, 1.54) is 6.07 Å². The van der Waals surface area contributed by atoms with Crippen molar-refractivity contribution in [1.29, 1.82) is 0 Å². The van der Waals surface area contributed by atoms with Gasteiger partial charge in [0, 0.05) is 15.6 Å². The molecule has 2 rings (SSSR count). The zero-order valence-corrected chi connectivity index (χ0v) is 11.3. The van der Waals surface area contributed by atoms with Crippen LogP contribution >= 0.6 is 23.2 Å². The summed E-state index contributed by atoms with van der Waals surface area (Å²) in [5.74, 6) is -1.59. The summed E-state index contributed by atoms with van der Waals surface area (Å²) >= 11 is 11.8. The van der Waals surface area contributed by atoms with Crippen molar-refractivity contribution >= 4 is 29.2 Å². The Morgan fingerprint density at radius 1 is 1.21 bits per heavy atom. The highest BCUT2D eigenvalue weighted by molar-refractivity contribution is 6.35. The minimum absolute atomic E-state index is 0.379. The molecule has 19 heavy (non-hydrogen) atoms. The molecular weight excluding hydrogens is 292 g/mol. The Morgan fingerprint density at radius 3 is 2.42 bits per heavy atom. The predicted molar refractivity (Wildman–Crippen MR) is 71.0 cm³/mol. The van der Waals surface area contributed by atoms with Crippen LogP contribution in [0, 0.1) is 5.82 Å². The van der Waals surface area contributed by atoms with Crippen molar-refractivity contribution in [3.05, 3.63) is 51.9 Å². The second-order valence-corrected chi connectivity index (χ2v) is 4.55. The van der Waals surface area contributed by atoms with Crippen molar-refractivity contribution in [1.82, 2.24) is 4.98 Å². The molecule has 3 nitrogen and oxygen atoms in total. The summed E-state index contributed by atoms with van der Waals surface area (Å²) in [6, 6.07) is 7.38. The maximum Gasteiger partial charge on any atom is 0.359 e. The number of carbonyl (C=O) groups excluding carboxylic acids is 1. The molecule has 0 fully saturated rings. The lowest BCUT2D eigenvalue weighted by Gasteiger charge is -2.06. The van der Waals surface area contributed by atoms with E-state index in [4.69, 9.17) is 23.2 Å². The molecule has 0 saturated carbocycles. The molecule has 1 aromatic heterocycles. The van der Waals surface area contributed by atoms with Gasteiger partial charge in [-0.25, -0.2) is 14.2 Å².